The predicted molar refractivity (Wildman–Crippen MR) is 71.7 cm³/mol. The summed E-state index contributed by atoms with van der Waals surface area (Å²) in [6.07, 6.45) is 5.13. The summed E-state index contributed by atoms with van der Waals surface area (Å²) in [5.41, 5.74) is 0. The van der Waals surface area contributed by atoms with Crippen molar-refractivity contribution in [3.8, 4) is 5.75 Å². The minimum Gasteiger partial charge on any atom is -0.491 e. The van der Waals surface area contributed by atoms with Crippen LogP contribution in [0.1, 0.15) is 39.0 Å². The number of aliphatic hydroxyl groups is 1. The fourth-order valence-corrected chi connectivity index (χ4v) is 1.82. The Morgan fingerprint density at radius 2 is 2.12 bits per heavy atom. The van der Waals surface area contributed by atoms with E-state index in [2.05, 4.69) is 6.92 Å². The van der Waals surface area contributed by atoms with E-state index < -0.39 is 0 Å². The van der Waals surface area contributed by atoms with Gasteiger partial charge in [-0.3, -0.25) is 0 Å². The van der Waals surface area contributed by atoms with E-state index in [1.165, 1.54) is 19.3 Å². The van der Waals surface area contributed by atoms with Gasteiger partial charge in [0.1, 0.15) is 12.4 Å². The van der Waals surface area contributed by atoms with Crippen LogP contribution in [0.4, 0.5) is 0 Å². The molecule has 0 spiro atoms. The van der Waals surface area contributed by atoms with Crippen LogP contribution in [0.2, 0.25) is 5.02 Å². The molecule has 1 atom stereocenters. The van der Waals surface area contributed by atoms with Gasteiger partial charge in [-0.05, 0) is 24.6 Å². The Morgan fingerprint density at radius 3 is 2.82 bits per heavy atom. The largest absolute Gasteiger partial charge is 0.491 e. The monoisotopic (exact) mass is 256 g/mol. The van der Waals surface area contributed by atoms with Crippen molar-refractivity contribution in [3.05, 3.63) is 29.3 Å². The van der Waals surface area contributed by atoms with Crippen LogP contribution in [0, 0.1) is 0 Å². The van der Waals surface area contributed by atoms with Gasteiger partial charge < -0.3 is 9.84 Å². The van der Waals surface area contributed by atoms with Crippen LogP contribution in [0.25, 0.3) is 0 Å². The van der Waals surface area contributed by atoms with Gasteiger partial charge in [0.15, 0.2) is 0 Å². The first-order valence-electron chi connectivity index (χ1n) is 6.28. The van der Waals surface area contributed by atoms with E-state index in [0.717, 1.165) is 12.8 Å². The first kappa shape index (κ1) is 14.3. The molecule has 0 aromatic heterocycles. The molecular formula is C14H21ClO2. The summed E-state index contributed by atoms with van der Waals surface area (Å²) in [5.74, 6) is 0.713. The molecule has 0 heterocycles. The van der Waals surface area contributed by atoms with Gasteiger partial charge in [0.2, 0.25) is 0 Å². The van der Waals surface area contributed by atoms with Gasteiger partial charge in [-0.15, -0.1) is 0 Å². The third-order valence-corrected chi connectivity index (χ3v) is 2.86. The zero-order valence-corrected chi connectivity index (χ0v) is 11.1. The summed E-state index contributed by atoms with van der Waals surface area (Å²) in [4.78, 5) is 0. The molecule has 1 unspecified atom stereocenters. The molecule has 0 aliphatic rings. The lowest BCUT2D eigenvalue weighted by Gasteiger charge is -2.12. The van der Waals surface area contributed by atoms with E-state index in [-0.39, 0.29) is 6.10 Å². The van der Waals surface area contributed by atoms with Crippen LogP contribution in [-0.2, 0) is 0 Å². The van der Waals surface area contributed by atoms with Crippen molar-refractivity contribution in [1.29, 1.82) is 0 Å². The molecule has 96 valence electrons. The molecule has 1 aromatic rings. The summed E-state index contributed by atoms with van der Waals surface area (Å²) in [7, 11) is 0. The van der Waals surface area contributed by atoms with Gasteiger partial charge in [-0.2, -0.15) is 0 Å². The number of hydrogen-bond acceptors (Lipinski definition) is 2. The standard InChI is InChI=1S/C14H21ClO2/c1-2-3-4-5-8-13(16)11-17-14-9-6-7-12(15)10-14/h6-7,9-10,13,16H,2-5,8,11H2,1H3. The quantitative estimate of drug-likeness (QED) is 0.711. The average molecular weight is 257 g/mol. The maximum Gasteiger partial charge on any atom is 0.120 e. The minimum absolute atomic E-state index is 0.340. The molecule has 17 heavy (non-hydrogen) atoms. The van der Waals surface area contributed by atoms with Crippen LogP contribution in [0.3, 0.4) is 0 Å². The molecule has 0 aliphatic heterocycles. The molecule has 2 nitrogen and oxygen atoms in total. The third kappa shape index (κ3) is 6.54. The molecule has 0 fully saturated rings. The zero-order chi connectivity index (χ0) is 12.5. The minimum atomic E-state index is -0.383. The van der Waals surface area contributed by atoms with Crippen molar-refractivity contribution in [3.63, 3.8) is 0 Å². The molecule has 0 saturated heterocycles. The normalized spacial score (nSPS) is 12.4. The van der Waals surface area contributed by atoms with Crippen molar-refractivity contribution < 1.29 is 9.84 Å². The van der Waals surface area contributed by atoms with Gasteiger partial charge >= 0.3 is 0 Å². The first-order valence-corrected chi connectivity index (χ1v) is 6.66. The molecular weight excluding hydrogens is 236 g/mol. The van der Waals surface area contributed by atoms with Crippen LogP contribution in [-0.4, -0.2) is 17.8 Å². The number of halogens is 1. The lowest BCUT2D eigenvalue weighted by Crippen LogP contribution is -2.17. The van der Waals surface area contributed by atoms with Crippen molar-refractivity contribution in [2.75, 3.05) is 6.61 Å². The number of hydrogen-bond donors (Lipinski definition) is 1. The summed E-state index contributed by atoms with van der Waals surface area (Å²) in [6, 6.07) is 7.24. The maximum absolute atomic E-state index is 9.72. The zero-order valence-electron chi connectivity index (χ0n) is 10.4. The summed E-state index contributed by atoms with van der Waals surface area (Å²) in [6.45, 7) is 2.52. The van der Waals surface area contributed by atoms with E-state index in [1.54, 1.807) is 12.1 Å². The Bertz CT molecular complexity index is 315. The van der Waals surface area contributed by atoms with Crippen LogP contribution in [0.5, 0.6) is 5.75 Å². The highest BCUT2D eigenvalue weighted by molar-refractivity contribution is 6.30. The molecule has 0 bridgehead atoms. The lowest BCUT2D eigenvalue weighted by atomic mass is 10.1. The van der Waals surface area contributed by atoms with E-state index >= 15 is 0 Å². The van der Waals surface area contributed by atoms with Crippen molar-refractivity contribution in [2.24, 2.45) is 0 Å². The number of ether oxygens (including phenoxy) is 1. The third-order valence-electron chi connectivity index (χ3n) is 2.63. The van der Waals surface area contributed by atoms with Gasteiger partial charge in [-0.1, -0.05) is 50.3 Å². The molecule has 1 N–H and O–H groups in total. The molecule has 1 aromatic carbocycles. The lowest BCUT2D eigenvalue weighted by molar-refractivity contribution is 0.0975. The fourth-order valence-electron chi connectivity index (χ4n) is 1.64. The number of rotatable bonds is 8. The fraction of sp³-hybridized carbons (Fsp3) is 0.571. The second-order valence-electron chi connectivity index (χ2n) is 4.27. The highest BCUT2D eigenvalue weighted by atomic mass is 35.5. The highest BCUT2D eigenvalue weighted by Gasteiger charge is 2.05. The molecule has 1 rings (SSSR count). The summed E-state index contributed by atoms with van der Waals surface area (Å²) < 4.78 is 5.47. The summed E-state index contributed by atoms with van der Waals surface area (Å²) in [5, 5.41) is 10.4. The van der Waals surface area contributed by atoms with Gasteiger partial charge in [0.05, 0.1) is 6.10 Å². The maximum atomic E-state index is 9.72. The van der Waals surface area contributed by atoms with Gasteiger partial charge in [0.25, 0.3) is 0 Å². The second-order valence-corrected chi connectivity index (χ2v) is 4.71. The van der Waals surface area contributed by atoms with Crippen molar-refractivity contribution >= 4 is 11.6 Å². The molecule has 0 aliphatic carbocycles. The molecule has 0 radical (unpaired) electrons. The second kappa shape index (κ2) is 8.37. The highest BCUT2D eigenvalue weighted by Crippen LogP contribution is 2.17. The van der Waals surface area contributed by atoms with Crippen LogP contribution < -0.4 is 4.74 Å². The Balaban J connectivity index is 2.17. The Morgan fingerprint density at radius 1 is 1.29 bits per heavy atom. The Kier molecular flexibility index (Phi) is 7.06. The molecule has 3 heteroatoms. The van der Waals surface area contributed by atoms with E-state index in [1.807, 2.05) is 12.1 Å². The molecule has 0 amide bonds. The van der Waals surface area contributed by atoms with E-state index in [0.29, 0.717) is 17.4 Å². The van der Waals surface area contributed by atoms with Crippen LogP contribution >= 0.6 is 11.6 Å². The van der Waals surface area contributed by atoms with Gasteiger partial charge in [0, 0.05) is 5.02 Å². The van der Waals surface area contributed by atoms with Crippen molar-refractivity contribution in [1.82, 2.24) is 0 Å². The SMILES string of the molecule is CCCCCCC(O)COc1cccc(Cl)c1. The smallest absolute Gasteiger partial charge is 0.120 e. The molecule has 0 saturated carbocycles. The number of aliphatic hydroxyl groups excluding tert-OH is 1. The number of benzene rings is 1. The first-order chi connectivity index (χ1) is 8.22. The Hall–Kier alpha value is -0.730. The topological polar surface area (TPSA) is 29.5 Å². The number of unbranched alkanes of at least 4 members (excludes halogenated alkanes) is 3. The predicted octanol–water partition coefficient (Wildman–Crippen LogP) is 4.05. The summed E-state index contributed by atoms with van der Waals surface area (Å²) >= 11 is 5.84. The van der Waals surface area contributed by atoms with Crippen molar-refractivity contribution in [2.45, 2.75) is 45.1 Å². The van der Waals surface area contributed by atoms with E-state index in [4.69, 9.17) is 16.3 Å². The van der Waals surface area contributed by atoms with Gasteiger partial charge in [-0.25, -0.2) is 0 Å². The van der Waals surface area contributed by atoms with E-state index in [9.17, 15) is 5.11 Å². The Labute approximate surface area is 109 Å². The average Bonchev–Trinajstić information content (AvgIpc) is 2.32. The van der Waals surface area contributed by atoms with Crippen LogP contribution in [0.15, 0.2) is 24.3 Å².